The molecule has 12 heavy (non-hydrogen) atoms. The highest BCUT2D eigenvalue weighted by atomic mass is 28.3. The summed E-state index contributed by atoms with van der Waals surface area (Å²) in [6.07, 6.45) is 2.88. The van der Waals surface area contributed by atoms with Crippen LogP contribution in [0.25, 0.3) is 0 Å². The van der Waals surface area contributed by atoms with Crippen molar-refractivity contribution < 1.29 is 0 Å². The number of hydrogen-bond acceptors (Lipinski definition) is 1. The van der Waals surface area contributed by atoms with Crippen molar-refractivity contribution in [2.24, 2.45) is 0 Å². The Morgan fingerprint density at radius 1 is 1.08 bits per heavy atom. The van der Waals surface area contributed by atoms with Crippen molar-refractivity contribution in [1.29, 1.82) is 5.41 Å². The maximum atomic E-state index is 7.44. The van der Waals surface area contributed by atoms with Gasteiger partial charge in [-0.05, 0) is 11.8 Å². The Bertz CT molecular complexity index is 122. The minimum absolute atomic E-state index is 0.623. The quantitative estimate of drug-likeness (QED) is 0.479. The summed E-state index contributed by atoms with van der Waals surface area (Å²) in [6.45, 7) is 9.15. The zero-order valence-corrected chi connectivity index (χ0v) is 9.98. The summed E-state index contributed by atoms with van der Waals surface area (Å²) in [5, 5.41) is 7.44. The Morgan fingerprint density at radius 2 is 1.50 bits per heavy atom. The summed E-state index contributed by atoms with van der Waals surface area (Å²) < 4.78 is 0. The third-order valence-corrected chi connectivity index (χ3v) is 9.91. The highest BCUT2D eigenvalue weighted by Crippen LogP contribution is 2.33. The van der Waals surface area contributed by atoms with Gasteiger partial charge in [-0.2, -0.15) is 0 Å². The van der Waals surface area contributed by atoms with E-state index in [1.807, 2.05) is 0 Å². The van der Waals surface area contributed by atoms with Gasteiger partial charge >= 0.3 is 0 Å². The van der Waals surface area contributed by atoms with Crippen molar-refractivity contribution in [1.82, 2.24) is 0 Å². The predicted molar refractivity (Wildman–Crippen MR) is 60.0 cm³/mol. The Hall–Kier alpha value is -0.113. The van der Waals surface area contributed by atoms with Crippen LogP contribution >= 0.6 is 0 Å². The summed E-state index contributed by atoms with van der Waals surface area (Å²) in [5.41, 5.74) is 0.623. The minimum Gasteiger partial charge on any atom is -0.313 e. The molecule has 1 N–H and O–H groups in total. The number of hydrogen-bond donors (Lipinski definition) is 1. The molecule has 0 bridgehead atoms. The minimum atomic E-state index is -1.09. The molecule has 0 radical (unpaired) electrons. The maximum Gasteiger partial charge on any atom is 0.0616 e. The number of rotatable bonds is 6. The van der Waals surface area contributed by atoms with Gasteiger partial charge in [0.1, 0.15) is 0 Å². The van der Waals surface area contributed by atoms with Crippen molar-refractivity contribution in [3.63, 3.8) is 0 Å². The monoisotopic (exact) mass is 185 g/mol. The van der Waals surface area contributed by atoms with Crippen LogP contribution in [0, 0.1) is 5.41 Å². The summed E-state index contributed by atoms with van der Waals surface area (Å²) in [6, 6.07) is 4.02. The molecule has 0 spiro atoms. The molecule has 0 aliphatic carbocycles. The van der Waals surface area contributed by atoms with Gasteiger partial charge in [0.05, 0.1) is 8.07 Å². The lowest BCUT2D eigenvalue weighted by atomic mass is 10.3. The van der Waals surface area contributed by atoms with E-state index in [2.05, 4.69) is 27.7 Å². The molecule has 1 nitrogen and oxygen atoms in total. The lowest BCUT2D eigenvalue weighted by molar-refractivity contribution is 0.916. The van der Waals surface area contributed by atoms with Crippen LogP contribution in [-0.4, -0.2) is 14.3 Å². The van der Waals surface area contributed by atoms with Crippen LogP contribution in [0.3, 0.4) is 0 Å². The van der Waals surface area contributed by atoms with E-state index in [-0.39, 0.29) is 0 Å². The molecule has 0 fully saturated rings. The van der Waals surface area contributed by atoms with E-state index in [0.29, 0.717) is 5.54 Å². The normalized spacial score (nSPS) is 14.3. The summed E-state index contributed by atoms with van der Waals surface area (Å²) in [4.78, 5) is 0. The third-order valence-electron chi connectivity index (χ3n) is 3.54. The van der Waals surface area contributed by atoms with Gasteiger partial charge in [-0.25, -0.2) is 0 Å². The molecule has 1 atom stereocenters. The molecule has 0 saturated carbocycles. The van der Waals surface area contributed by atoms with Crippen molar-refractivity contribution in [3.8, 4) is 0 Å². The van der Waals surface area contributed by atoms with Gasteiger partial charge in [-0.3, -0.25) is 0 Å². The average Bonchev–Trinajstić information content (AvgIpc) is 2.14. The second-order valence-electron chi connectivity index (χ2n) is 3.60. The van der Waals surface area contributed by atoms with Crippen LogP contribution in [0.15, 0.2) is 0 Å². The molecule has 72 valence electrons. The van der Waals surface area contributed by atoms with Crippen molar-refractivity contribution in [3.05, 3.63) is 0 Å². The molecule has 0 aromatic heterocycles. The van der Waals surface area contributed by atoms with E-state index >= 15 is 0 Å². The molecule has 0 aromatic rings. The van der Waals surface area contributed by atoms with E-state index in [0.717, 1.165) is 0 Å². The lowest BCUT2D eigenvalue weighted by Crippen LogP contribution is -2.37. The van der Waals surface area contributed by atoms with E-state index in [1.54, 1.807) is 6.21 Å². The second kappa shape index (κ2) is 5.52. The first-order valence-corrected chi connectivity index (χ1v) is 7.91. The largest absolute Gasteiger partial charge is 0.313 e. The van der Waals surface area contributed by atoms with Gasteiger partial charge in [0.2, 0.25) is 0 Å². The zero-order chi connectivity index (χ0) is 9.61. The van der Waals surface area contributed by atoms with Crippen LogP contribution in [0.5, 0.6) is 0 Å². The Labute approximate surface area is 78.1 Å². The average molecular weight is 185 g/mol. The first-order valence-electron chi connectivity index (χ1n) is 5.21. The fourth-order valence-corrected chi connectivity index (χ4v) is 6.56. The van der Waals surface area contributed by atoms with Gasteiger partial charge in [-0.15, -0.1) is 0 Å². The van der Waals surface area contributed by atoms with Gasteiger partial charge in [-0.1, -0.05) is 52.2 Å². The summed E-state index contributed by atoms with van der Waals surface area (Å²) in [5.74, 6) is 0. The Balaban J connectivity index is 4.53. The molecule has 0 rings (SSSR count). The predicted octanol–water partition coefficient (Wildman–Crippen LogP) is 3.92. The molecule has 2 heteroatoms. The van der Waals surface area contributed by atoms with E-state index in [1.165, 1.54) is 24.6 Å². The molecular formula is C10H23NSi. The molecule has 0 saturated heterocycles. The molecule has 0 heterocycles. The van der Waals surface area contributed by atoms with Crippen molar-refractivity contribution in [2.75, 3.05) is 0 Å². The first kappa shape index (κ1) is 11.9. The number of nitrogens with one attached hydrogen (secondary N) is 1. The van der Waals surface area contributed by atoms with Gasteiger partial charge in [0.25, 0.3) is 0 Å². The van der Waals surface area contributed by atoms with Crippen LogP contribution in [-0.2, 0) is 0 Å². The Kier molecular flexibility index (Phi) is 5.47. The Morgan fingerprint density at radius 3 is 1.58 bits per heavy atom. The van der Waals surface area contributed by atoms with Crippen LogP contribution < -0.4 is 0 Å². The maximum absolute atomic E-state index is 7.44. The molecule has 0 amide bonds. The molecular weight excluding hydrogens is 162 g/mol. The first-order chi connectivity index (χ1) is 5.70. The van der Waals surface area contributed by atoms with Crippen LogP contribution in [0.1, 0.15) is 34.1 Å². The van der Waals surface area contributed by atoms with Gasteiger partial charge in [0, 0.05) is 0 Å². The smallest absolute Gasteiger partial charge is 0.0616 e. The van der Waals surface area contributed by atoms with Gasteiger partial charge < -0.3 is 5.41 Å². The van der Waals surface area contributed by atoms with Gasteiger partial charge in [0.15, 0.2) is 0 Å². The summed E-state index contributed by atoms with van der Waals surface area (Å²) >= 11 is 0. The van der Waals surface area contributed by atoms with E-state index in [9.17, 15) is 0 Å². The van der Waals surface area contributed by atoms with Crippen molar-refractivity contribution in [2.45, 2.75) is 57.8 Å². The third kappa shape index (κ3) is 2.19. The highest BCUT2D eigenvalue weighted by molar-refractivity contribution is 6.83. The fraction of sp³-hybridized carbons (Fsp3) is 0.900. The summed E-state index contributed by atoms with van der Waals surface area (Å²) in [7, 11) is -1.09. The fourth-order valence-electron chi connectivity index (χ4n) is 2.26. The van der Waals surface area contributed by atoms with E-state index < -0.39 is 8.07 Å². The SMILES string of the molecule is CCC(C=N)[Si](CC)(CC)CC. The molecule has 0 aliphatic heterocycles. The van der Waals surface area contributed by atoms with Crippen molar-refractivity contribution >= 4 is 14.3 Å². The molecule has 0 aromatic carbocycles. The van der Waals surface area contributed by atoms with Crippen LogP contribution in [0.2, 0.25) is 23.7 Å². The molecule has 1 unspecified atom stereocenters. The van der Waals surface area contributed by atoms with Crippen LogP contribution in [0.4, 0.5) is 0 Å². The lowest BCUT2D eigenvalue weighted by Gasteiger charge is -2.34. The van der Waals surface area contributed by atoms with E-state index in [4.69, 9.17) is 5.41 Å². The zero-order valence-electron chi connectivity index (χ0n) is 8.98. The second-order valence-corrected chi connectivity index (χ2v) is 9.19. The molecule has 0 aliphatic rings. The standard InChI is InChI=1S/C10H23NSi/c1-5-10(9-11)12(6-2,7-3)8-4/h9-11H,5-8H2,1-4H3. The topological polar surface area (TPSA) is 23.9 Å². The highest BCUT2D eigenvalue weighted by Gasteiger charge is 2.33.